The molecule has 3 heteroatoms. The smallest absolute Gasteiger partial charge is 0.227 e. The number of hydrogen-bond acceptors (Lipinski definition) is 2. The maximum absolute atomic E-state index is 5.27. The van der Waals surface area contributed by atoms with Crippen molar-refractivity contribution in [3.05, 3.63) is 40.7 Å². The van der Waals surface area contributed by atoms with Gasteiger partial charge in [0.2, 0.25) is 5.89 Å². The minimum absolute atomic E-state index is 0.652. The number of oxazole rings is 1. The molecule has 0 saturated carbocycles. The van der Waals surface area contributed by atoms with Crippen LogP contribution in [-0.4, -0.2) is 4.98 Å². The highest BCUT2D eigenvalue weighted by Gasteiger charge is 2.03. The van der Waals surface area contributed by atoms with Crippen LogP contribution < -0.4 is 0 Å². The Morgan fingerprint density at radius 3 is 2.50 bits per heavy atom. The van der Waals surface area contributed by atoms with Crippen LogP contribution in [0.1, 0.15) is 12.5 Å². The second kappa shape index (κ2) is 3.96. The molecule has 0 spiro atoms. The molecule has 0 unspecified atom stereocenters. The second-order valence-electron chi connectivity index (χ2n) is 3.03. The molecule has 14 heavy (non-hydrogen) atoms. The molecule has 0 saturated heterocycles. The third kappa shape index (κ3) is 1.87. The maximum atomic E-state index is 5.27. The topological polar surface area (TPSA) is 26.0 Å². The van der Waals surface area contributed by atoms with E-state index in [9.17, 15) is 0 Å². The quantitative estimate of drug-likeness (QED) is 0.815. The van der Waals surface area contributed by atoms with Gasteiger partial charge >= 0.3 is 0 Å². The molecule has 0 fully saturated rings. The monoisotopic (exact) mass is 251 g/mol. The van der Waals surface area contributed by atoms with Gasteiger partial charge in [0.15, 0.2) is 0 Å². The van der Waals surface area contributed by atoms with Crippen LogP contribution in [0.4, 0.5) is 0 Å². The number of rotatable bonds is 2. The van der Waals surface area contributed by atoms with E-state index in [1.165, 1.54) is 5.56 Å². The third-order valence-electron chi connectivity index (χ3n) is 2.09. The number of aromatic nitrogens is 1. The lowest BCUT2D eigenvalue weighted by atomic mass is 10.1. The van der Waals surface area contributed by atoms with Gasteiger partial charge in [-0.05, 0) is 40.0 Å². The van der Waals surface area contributed by atoms with Crippen LogP contribution in [0, 0.1) is 0 Å². The molecule has 2 aromatic rings. The molecule has 1 heterocycles. The molecule has 2 nitrogen and oxygen atoms in total. The summed E-state index contributed by atoms with van der Waals surface area (Å²) in [7, 11) is 0. The predicted molar refractivity (Wildman–Crippen MR) is 59.0 cm³/mol. The highest BCUT2D eigenvalue weighted by atomic mass is 79.9. The van der Waals surface area contributed by atoms with Crippen LogP contribution in [0.2, 0.25) is 0 Å². The molecule has 0 amide bonds. The Balaban J connectivity index is 2.33. The van der Waals surface area contributed by atoms with Gasteiger partial charge in [-0.15, -0.1) is 0 Å². The molecule has 0 radical (unpaired) electrons. The van der Waals surface area contributed by atoms with E-state index in [4.69, 9.17) is 4.42 Å². The fourth-order valence-electron chi connectivity index (χ4n) is 1.27. The van der Waals surface area contributed by atoms with Crippen molar-refractivity contribution in [2.45, 2.75) is 13.3 Å². The van der Waals surface area contributed by atoms with Crippen LogP contribution in [0.25, 0.3) is 11.5 Å². The molecule has 1 aromatic heterocycles. The van der Waals surface area contributed by atoms with Gasteiger partial charge in [-0.3, -0.25) is 0 Å². The van der Waals surface area contributed by atoms with Crippen molar-refractivity contribution in [1.29, 1.82) is 0 Å². The van der Waals surface area contributed by atoms with Gasteiger partial charge < -0.3 is 4.42 Å². The molecule has 1 aromatic carbocycles. The van der Waals surface area contributed by atoms with E-state index >= 15 is 0 Å². The summed E-state index contributed by atoms with van der Waals surface area (Å²) in [6.07, 6.45) is 2.64. The highest BCUT2D eigenvalue weighted by molar-refractivity contribution is 9.10. The SMILES string of the molecule is CCc1ccc(-c2nc(Br)co2)cc1. The van der Waals surface area contributed by atoms with Crippen molar-refractivity contribution < 1.29 is 4.42 Å². The van der Waals surface area contributed by atoms with Gasteiger partial charge in [-0.1, -0.05) is 19.1 Å². The summed E-state index contributed by atoms with van der Waals surface area (Å²) >= 11 is 3.25. The first-order valence-electron chi connectivity index (χ1n) is 4.50. The van der Waals surface area contributed by atoms with Gasteiger partial charge in [0.05, 0.1) is 0 Å². The zero-order valence-electron chi connectivity index (χ0n) is 7.83. The summed E-state index contributed by atoms with van der Waals surface area (Å²) < 4.78 is 5.99. The fourth-order valence-corrected chi connectivity index (χ4v) is 1.52. The Morgan fingerprint density at radius 1 is 1.29 bits per heavy atom. The van der Waals surface area contributed by atoms with Gasteiger partial charge in [0.1, 0.15) is 10.9 Å². The van der Waals surface area contributed by atoms with E-state index in [0.717, 1.165) is 16.6 Å². The first-order chi connectivity index (χ1) is 6.79. The predicted octanol–water partition coefficient (Wildman–Crippen LogP) is 3.67. The van der Waals surface area contributed by atoms with Crippen molar-refractivity contribution in [3.63, 3.8) is 0 Å². The molecule has 0 atom stereocenters. The van der Waals surface area contributed by atoms with Gasteiger partial charge in [-0.2, -0.15) is 0 Å². The van der Waals surface area contributed by atoms with E-state index in [0.29, 0.717) is 5.89 Å². The normalized spacial score (nSPS) is 10.4. The Bertz CT molecular complexity index is 419. The fraction of sp³-hybridized carbons (Fsp3) is 0.182. The zero-order chi connectivity index (χ0) is 9.97. The lowest BCUT2D eigenvalue weighted by molar-refractivity contribution is 0.574. The molecule has 2 rings (SSSR count). The van der Waals surface area contributed by atoms with Crippen molar-refractivity contribution >= 4 is 15.9 Å². The maximum Gasteiger partial charge on any atom is 0.227 e. The van der Waals surface area contributed by atoms with Gasteiger partial charge in [0, 0.05) is 5.56 Å². The molecular formula is C11H10BrNO. The minimum Gasteiger partial charge on any atom is -0.443 e. The molecule has 0 aliphatic rings. The first kappa shape index (κ1) is 9.46. The first-order valence-corrected chi connectivity index (χ1v) is 5.29. The van der Waals surface area contributed by atoms with Crippen molar-refractivity contribution in [3.8, 4) is 11.5 Å². The zero-order valence-corrected chi connectivity index (χ0v) is 9.41. The van der Waals surface area contributed by atoms with Crippen LogP contribution in [-0.2, 0) is 6.42 Å². The Hall–Kier alpha value is -1.09. The summed E-state index contributed by atoms with van der Waals surface area (Å²) in [5, 5.41) is 0. The molecule has 0 aliphatic heterocycles. The summed E-state index contributed by atoms with van der Waals surface area (Å²) in [4.78, 5) is 4.19. The lowest BCUT2D eigenvalue weighted by Crippen LogP contribution is -1.81. The van der Waals surface area contributed by atoms with Gasteiger partial charge in [-0.25, -0.2) is 4.98 Å². The summed E-state index contributed by atoms with van der Waals surface area (Å²) in [6.45, 7) is 2.14. The number of benzene rings is 1. The summed E-state index contributed by atoms with van der Waals surface area (Å²) in [5.74, 6) is 0.652. The van der Waals surface area contributed by atoms with E-state index in [1.54, 1.807) is 6.26 Å². The molecule has 0 bridgehead atoms. The Kier molecular flexibility index (Phi) is 2.68. The number of hydrogen-bond donors (Lipinski definition) is 0. The summed E-state index contributed by atoms with van der Waals surface area (Å²) in [6, 6.07) is 8.23. The highest BCUT2D eigenvalue weighted by Crippen LogP contribution is 2.21. The standard InChI is InChI=1S/C11H10BrNO/c1-2-8-3-5-9(6-4-8)11-13-10(12)7-14-11/h3-7H,2H2,1H3. The second-order valence-corrected chi connectivity index (χ2v) is 3.84. The van der Waals surface area contributed by atoms with Crippen LogP contribution in [0.15, 0.2) is 39.5 Å². The average Bonchev–Trinajstić information content (AvgIpc) is 2.65. The van der Waals surface area contributed by atoms with Crippen LogP contribution >= 0.6 is 15.9 Å². The van der Waals surface area contributed by atoms with Crippen LogP contribution in [0.3, 0.4) is 0 Å². The average molecular weight is 252 g/mol. The third-order valence-corrected chi connectivity index (χ3v) is 2.45. The van der Waals surface area contributed by atoms with Gasteiger partial charge in [0.25, 0.3) is 0 Å². The lowest BCUT2D eigenvalue weighted by Gasteiger charge is -1.97. The number of nitrogens with zero attached hydrogens (tertiary/aromatic N) is 1. The van der Waals surface area contributed by atoms with Crippen molar-refractivity contribution in [2.24, 2.45) is 0 Å². The molecule has 0 aliphatic carbocycles. The molecule has 72 valence electrons. The van der Waals surface area contributed by atoms with Crippen LogP contribution in [0.5, 0.6) is 0 Å². The Labute approximate surface area is 91.1 Å². The van der Waals surface area contributed by atoms with E-state index in [-0.39, 0.29) is 0 Å². The molecular weight excluding hydrogens is 242 g/mol. The van der Waals surface area contributed by atoms with E-state index in [1.807, 2.05) is 12.1 Å². The Morgan fingerprint density at radius 2 is 2.00 bits per heavy atom. The molecule has 0 N–H and O–H groups in total. The number of aryl methyl sites for hydroxylation is 1. The number of halogens is 1. The minimum atomic E-state index is 0.652. The van der Waals surface area contributed by atoms with Crippen molar-refractivity contribution in [1.82, 2.24) is 4.98 Å². The largest absolute Gasteiger partial charge is 0.443 e. The summed E-state index contributed by atoms with van der Waals surface area (Å²) in [5.41, 5.74) is 2.33. The van der Waals surface area contributed by atoms with E-state index < -0.39 is 0 Å². The van der Waals surface area contributed by atoms with Crippen molar-refractivity contribution in [2.75, 3.05) is 0 Å². The van der Waals surface area contributed by atoms with E-state index in [2.05, 4.69) is 40.0 Å².